The summed E-state index contributed by atoms with van der Waals surface area (Å²) in [7, 11) is 3.09. The van der Waals surface area contributed by atoms with Gasteiger partial charge in [-0.3, -0.25) is 0 Å². The van der Waals surface area contributed by atoms with Crippen molar-refractivity contribution in [1.82, 2.24) is 0 Å². The molecule has 1 N–H and O–H groups in total. The van der Waals surface area contributed by atoms with Gasteiger partial charge in [-0.15, -0.1) is 0 Å². The van der Waals surface area contributed by atoms with E-state index < -0.39 is 5.97 Å². The van der Waals surface area contributed by atoms with Crippen LogP contribution in [0.1, 0.15) is 15.9 Å². The molecule has 0 heterocycles. The number of ether oxygens (including phenoxy) is 2. The normalized spacial score (nSPS) is 10.2. The van der Waals surface area contributed by atoms with Crippen LogP contribution in [-0.2, 0) is 0 Å². The number of rotatable bonds is 4. The SMILES string of the molecule is COc1ccc(-c2cccc(C(=O)O)c2OC)cc1C. The van der Waals surface area contributed by atoms with Gasteiger partial charge >= 0.3 is 5.97 Å². The van der Waals surface area contributed by atoms with Crippen LogP contribution in [0.4, 0.5) is 0 Å². The number of para-hydroxylation sites is 1. The van der Waals surface area contributed by atoms with Crippen molar-refractivity contribution in [2.24, 2.45) is 0 Å². The van der Waals surface area contributed by atoms with Gasteiger partial charge in [-0.1, -0.05) is 18.2 Å². The van der Waals surface area contributed by atoms with E-state index in [2.05, 4.69) is 0 Å². The van der Waals surface area contributed by atoms with Gasteiger partial charge in [0.1, 0.15) is 17.1 Å². The Hall–Kier alpha value is -2.49. The van der Waals surface area contributed by atoms with Gasteiger partial charge in [-0.2, -0.15) is 0 Å². The van der Waals surface area contributed by atoms with Crippen LogP contribution in [0.2, 0.25) is 0 Å². The lowest BCUT2D eigenvalue weighted by Gasteiger charge is -2.13. The highest BCUT2D eigenvalue weighted by molar-refractivity contribution is 5.94. The minimum Gasteiger partial charge on any atom is -0.496 e. The summed E-state index contributed by atoms with van der Waals surface area (Å²) in [6.07, 6.45) is 0. The van der Waals surface area contributed by atoms with Gasteiger partial charge in [0.05, 0.1) is 14.2 Å². The zero-order valence-electron chi connectivity index (χ0n) is 11.6. The Kier molecular flexibility index (Phi) is 3.94. The first-order valence-corrected chi connectivity index (χ1v) is 6.13. The minimum atomic E-state index is -1.01. The number of benzene rings is 2. The van der Waals surface area contributed by atoms with E-state index in [1.807, 2.05) is 31.2 Å². The Morgan fingerprint density at radius 3 is 2.40 bits per heavy atom. The zero-order valence-corrected chi connectivity index (χ0v) is 11.6. The molecule has 0 saturated carbocycles. The van der Waals surface area contributed by atoms with Crippen molar-refractivity contribution in [3.8, 4) is 22.6 Å². The number of hydrogen-bond acceptors (Lipinski definition) is 3. The van der Waals surface area contributed by atoms with Crippen molar-refractivity contribution in [2.45, 2.75) is 6.92 Å². The highest BCUT2D eigenvalue weighted by Gasteiger charge is 2.16. The average molecular weight is 272 g/mol. The average Bonchev–Trinajstić information content (AvgIpc) is 2.46. The van der Waals surface area contributed by atoms with Crippen LogP contribution in [0.3, 0.4) is 0 Å². The van der Waals surface area contributed by atoms with Crippen LogP contribution in [0.15, 0.2) is 36.4 Å². The predicted molar refractivity (Wildman–Crippen MR) is 76.7 cm³/mol. The molecule has 0 atom stereocenters. The number of hydrogen-bond donors (Lipinski definition) is 1. The largest absolute Gasteiger partial charge is 0.496 e. The number of aromatic carboxylic acids is 1. The third-order valence-corrected chi connectivity index (χ3v) is 3.16. The standard InChI is InChI=1S/C16H16O4/c1-10-9-11(7-8-14(10)19-2)12-5-4-6-13(16(17)18)15(12)20-3/h4-9H,1-3H3,(H,17,18). The summed E-state index contributed by atoms with van der Waals surface area (Å²) in [5, 5.41) is 9.20. The van der Waals surface area contributed by atoms with Crippen LogP contribution in [0.5, 0.6) is 11.5 Å². The quantitative estimate of drug-likeness (QED) is 0.927. The summed E-state index contributed by atoms with van der Waals surface area (Å²) >= 11 is 0. The van der Waals surface area contributed by atoms with Crippen molar-refractivity contribution in [3.63, 3.8) is 0 Å². The Bertz CT molecular complexity index is 647. The monoisotopic (exact) mass is 272 g/mol. The van der Waals surface area contributed by atoms with Gasteiger partial charge in [0.25, 0.3) is 0 Å². The van der Waals surface area contributed by atoms with Crippen molar-refractivity contribution < 1.29 is 19.4 Å². The molecule has 0 aromatic heterocycles. The first-order chi connectivity index (χ1) is 9.58. The summed E-state index contributed by atoms with van der Waals surface area (Å²) in [5.74, 6) is 0.153. The molecule has 4 heteroatoms. The molecule has 0 saturated heterocycles. The lowest BCUT2D eigenvalue weighted by atomic mass is 9.99. The lowest BCUT2D eigenvalue weighted by molar-refractivity contribution is 0.0693. The zero-order chi connectivity index (χ0) is 14.7. The highest BCUT2D eigenvalue weighted by Crippen LogP contribution is 2.35. The van der Waals surface area contributed by atoms with Crippen LogP contribution in [-0.4, -0.2) is 25.3 Å². The van der Waals surface area contributed by atoms with E-state index >= 15 is 0 Å². The van der Waals surface area contributed by atoms with E-state index in [1.54, 1.807) is 13.2 Å². The van der Waals surface area contributed by atoms with Gasteiger partial charge in [0, 0.05) is 5.56 Å². The van der Waals surface area contributed by atoms with E-state index in [9.17, 15) is 9.90 Å². The molecule has 104 valence electrons. The number of carboxylic acid groups (broad SMARTS) is 1. The van der Waals surface area contributed by atoms with E-state index in [0.717, 1.165) is 22.4 Å². The molecule has 0 aliphatic rings. The third-order valence-electron chi connectivity index (χ3n) is 3.16. The maximum Gasteiger partial charge on any atom is 0.339 e. The molecule has 2 rings (SSSR count). The summed E-state index contributed by atoms with van der Waals surface area (Å²) in [6.45, 7) is 1.94. The second-order valence-corrected chi connectivity index (χ2v) is 4.38. The predicted octanol–water partition coefficient (Wildman–Crippen LogP) is 3.38. The number of aryl methyl sites for hydroxylation is 1. The van der Waals surface area contributed by atoms with E-state index in [0.29, 0.717) is 5.75 Å². The Morgan fingerprint density at radius 1 is 1.10 bits per heavy atom. The Balaban J connectivity index is 2.60. The van der Waals surface area contributed by atoms with Crippen molar-refractivity contribution in [3.05, 3.63) is 47.5 Å². The van der Waals surface area contributed by atoms with Crippen molar-refractivity contribution in [1.29, 1.82) is 0 Å². The van der Waals surface area contributed by atoms with Gasteiger partial charge < -0.3 is 14.6 Å². The number of carbonyl (C=O) groups is 1. The van der Waals surface area contributed by atoms with Gasteiger partial charge in [-0.05, 0) is 36.2 Å². The smallest absolute Gasteiger partial charge is 0.339 e. The van der Waals surface area contributed by atoms with E-state index in [4.69, 9.17) is 9.47 Å². The summed E-state index contributed by atoms with van der Waals surface area (Å²) in [4.78, 5) is 11.2. The lowest BCUT2D eigenvalue weighted by Crippen LogP contribution is -2.01. The minimum absolute atomic E-state index is 0.151. The highest BCUT2D eigenvalue weighted by atomic mass is 16.5. The van der Waals surface area contributed by atoms with Crippen LogP contribution in [0.25, 0.3) is 11.1 Å². The van der Waals surface area contributed by atoms with E-state index in [1.165, 1.54) is 13.2 Å². The summed E-state index contributed by atoms with van der Waals surface area (Å²) in [6, 6.07) is 10.8. The first kappa shape index (κ1) is 13.9. The molecule has 0 aliphatic carbocycles. The number of methoxy groups -OCH3 is 2. The second-order valence-electron chi connectivity index (χ2n) is 4.38. The fourth-order valence-electron chi connectivity index (χ4n) is 2.20. The maximum atomic E-state index is 11.2. The molecule has 20 heavy (non-hydrogen) atoms. The molecule has 0 bridgehead atoms. The van der Waals surface area contributed by atoms with Gasteiger partial charge in [0.15, 0.2) is 0 Å². The molecule has 2 aromatic rings. The molecule has 0 fully saturated rings. The topological polar surface area (TPSA) is 55.8 Å². The molecule has 0 spiro atoms. The molecule has 0 unspecified atom stereocenters. The molecule has 0 aliphatic heterocycles. The van der Waals surface area contributed by atoms with Crippen molar-refractivity contribution in [2.75, 3.05) is 14.2 Å². The van der Waals surface area contributed by atoms with Crippen LogP contribution >= 0.6 is 0 Å². The first-order valence-electron chi connectivity index (χ1n) is 6.13. The summed E-state index contributed by atoms with van der Waals surface area (Å²) in [5.41, 5.74) is 2.77. The van der Waals surface area contributed by atoms with Crippen LogP contribution in [0, 0.1) is 6.92 Å². The molecular formula is C16H16O4. The van der Waals surface area contributed by atoms with Gasteiger partial charge in [-0.25, -0.2) is 4.79 Å². The molecular weight excluding hydrogens is 256 g/mol. The molecule has 4 nitrogen and oxygen atoms in total. The molecule has 2 aromatic carbocycles. The van der Waals surface area contributed by atoms with Crippen molar-refractivity contribution >= 4 is 5.97 Å². The maximum absolute atomic E-state index is 11.2. The van der Waals surface area contributed by atoms with E-state index in [-0.39, 0.29) is 5.56 Å². The second kappa shape index (κ2) is 5.65. The molecule has 0 amide bonds. The Morgan fingerprint density at radius 2 is 1.85 bits per heavy atom. The van der Waals surface area contributed by atoms with Crippen LogP contribution < -0.4 is 9.47 Å². The molecule has 0 radical (unpaired) electrons. The fourth-order valence-corrected chi connectivity index (χ4v) is 2.20. The summed E-state index contributed by atoms with van der Waals surface area (Å²) < 4.78 is 10.5. The number of carboxylic acids is 1. The Labute approximate surface area is 117 Å². The third kappa shape index (κ3) is 2.45. The fraction of sp³-hybridized carbons (Fsp3) is 0.188. The van der Waals surface area contributed by atoms with Gasteiger partial charge in [0.2, 0.25) is 0 Å².